The van der Waals surface area contributed by atoms with Crippen LogP contribution in [-0.2, 0) is 9.59 Å². The highest BCUT2D eigenvalue weighted by atomic mass is 16.3. The largest absolute Gasteiger partial charge is 0.395 e. The standard InChI is InChI=1S/C14H15N3O4/c1-15-13(20)9-4-2-3-5-10(9)16-11-8-12(19)17(6-7-18)14(11)21/h2-5,8,16,18H,6-7H2,1H3,(H,15,20). The van der Waals surface area contributed by atoms with Crippen LogP contribution in [0.25, 0.3) is 0 Å². The molecule has 0 saturated carbocycles. The minimum atomic E-state index is -0.527. The lowest BCUT2D eigenvalue weighted by Gasteiger charge is -2.14. The third kappa shape index (κ3) is 2.92. The summed E-state index contributed by atoms with van der Waals surface area (Å²) in [4.78, 5) is 36.4. The molecule has 0 radical (unpaired) electrons. The van der Waals surface area contributed by atoms with Crippen molar-refractivity contribution in [1.29, 1.82) is 0 Å². The van der Waals surface area contributed by atoms with Crippen LogP contribution in [0.5, 0.6) is 0 Å². The third-order valence-electron chi connectivity index (χ3n) is 3.00. The topological polar surface area (TPSA) is 98.7 Å². The molecule has 3 amide bonds. The van der Waals surface area contributed by atoms with Crippen LogP contribution in [0.15, 0.2) is 36.0 Å². The molecule has 7 nitrogen and oxygen atoms in total. The zero-order valence-corrected chi connectivity index (χ0v) is 11.4. The third-order valence-corrected chi connectivity index (χ3v) is 3.00. The molecule has 110 valence electrons. The van der Waals surface area contributed by atoms with E-state index in [2.05, 4.69) is 10.6 Å². The van der Waals surface area contributed by atoms with Crippen LogP contribution in [0.1, 0.15) is 10.4 Å². The van der Waals surface area contributed by atoms with E-state index in [9.17, 15) is 14.4 Å². The van der Waals surface area contributed by atoms with E-state index in [4.69, 9.17) is 5.11 Å². The molecule has 0 spiro atoms. The van der Waals surface area contributed by atoms with Gasteiger partial charge < -0.3 is 15.7 Å². The Hall–Kier alpha value is -2.67. The maximum Gasteiger partial charge on any atom is 0.277 e. The van der Waals surface area contributed by atoms with E-state index in [1.54, 1.807) is 24.3 Å². The number of para-hydroxylation sites is 1. The highest BCUT2D eigenvalue weighted by Crippen LogP contribution is 2.20. The van der Waals surface area contributed by atoms with Crippen molar-refractivity contribution in [2.45, 2.75) is 0 Å². The number of imide groups is 1. The molecule has 21 heavy (non-hydrogen) atoms. The molecule has 7 heteroatoms. The van der Waals surface area contributed by atoms with E-state index in [0.717, 1.165) is 11.0 Å². The summed E-state index contributed by atoms with van der Waals surface area (Å²) in [7, 11) is 1.51. The summed E-state index contributed by atoms with van der Waals surface area (Å²) >= 11 is 0. The number of aliphatic hydroxyl groups excluding tert-OH is 1. The van der Waals surface area contributed by atoms with E-state index in [0.29, 0.717) is 11.3 Å². The quantitative estimate of drug-likeness (QED) is 0.647. The first-order valence-electron chi connectivity index (χ1n) is 6.35. The fourth-order valence-corrected chi connectivity index (χ4v) is 1.98. The molecule has 0 fully saturated rings. The van der Waals surface area contributed by atoms with Gasteiger partial charge in [-0.25, -0.2) is 0 Å². The summed E-state index contributed by atoms with van der Waals surface area (Å²) in [5.74, 6) is -1.32. The predicted molar refractivity (Wildman–Crippen MR) is 75.3 cm³/mol. The number of β-amino-alcohol motifs (C(OH)–C–C–N with tert-alkyl or cyclic N) is 1. The minimum absolute atomic E-state index is 0.0591. The van der Waals surface area contributed by atoms with Crippen molar-refractivity contribution < 1.29 is 19.5 Å². The molecule has 1 heterocycles. The van der Waals surface area contributed by atoms with Gasteiger partial charge >= 0.3 is 0 Å². The van der Waals surface area contributed by atoms with Gasteiger partial charge in [-0.1, -0.05) is 12.1 Å². The molecule has 0 aromatic heterocycles. The van der Waals surface area contributed by atoms with Crippen LogP contribution < -0.4 is 10.6 Å². The van der Waals surface area contributed by atoms with Gasteiger partial charge in [-0.2, -0.15) is 0 Å². The number of nitrogens with one attached hydrogen (secondary N) is 2. The number of amides is 3. The van der Waals surface area contributed by atoms with Crippen LogP contribution in [0.3, 0.4) is 0 Å². The van der Waals surface area contributed by atoms with Crippen LogP contribution in [0, 0.1) is 0 Å². The number of carbonyl (C=O) groups excluding carboxylic acids is 3. The first kappa shape index (κ1) is 14.7. The average molecular weight is 289 g/mol. The minimum Gasteiger partial charge on any atom is -0.395 e. The second kappa shape index (κ2) is 6.19. The van der Waals surface area contributed by atoms with Crippen molar-refractivity contribution in [3.8, 4) is 0 Å². The van der Waals surface area contributed by atoms with E-state index >= 15 is 0 Å². The Morgan fingerprint density at radius 3 is 2.67 bits per heavy atom. The number of anilines is 1. The Labute approximate surface area is 121 Å². The maximum atomic E-state index is 12.0. The van der Waals surface area contributed by atoms with E-state index in [1.165, 1.54) is 7.05 Å². The average Bonchev–Trinajstić information content (AvgIpc) is 2.75. The molecule has 2 rings (SSSR count). The first-order chi connectivity index (χ1) is 10.1. The first-order valence-corrected chi connectivity index (χ1v) is 6.35. The Kier molecular flexibility index (Phi) is 4.34. The molecular formula is C14H15N3O4. The van der Waals surface area contributed by atoms with Crippen molar-refractivity contribution in [1.82, 2.24) is 10.2 Å². The number of carbonyl (C=O) groups is 3. The van der Waals surface area contributed by atoms with Gasteiger partial charge in [-0.05, 0) is 12.1 Å². The van der Waals surface area contributed by atoms with Gasteiger partial charge in [-0.3, -0.25) is 19.3 Å². The van der Waals surface area contributed by atoms with Gasteiger partial charge in [0.2, 0.25) is 0 Å². The van der Waals surface area contributed by atoms with E-state index in [1.807, 2.05) is 0 Å². The molecule has 0 saturated heterocycles. The lowest BCUT2D eigenvalue weighted by Crippen LogP contribution is -2.34. The molecular weight excluding hydrogens is 274 g/mol. The molecule has 0 atom stereocenters. The summed E-state index contributed by atoms with van der Waals surface area (Å²) in [6.07, 6.45) is 1.15. The summed E-state index contributed by atoms with van der Waals surface area (Å²) in [5, 5.41) is 14.1. The predicted octanol–water partition coefficient (Wildman–Crippen LogP) is -0.297. The molecule has 1 aliphatic rings. The van der Waals surface area contributed by atoms with Crippen LogP contribution in [0.2, 0.25) is 0 Å². The molecule has 0 unspecified atom stereocenters. The normalized spacial score (nSPS) is 14.2. The van der Waals surface area contributed by atoms with Gasteiger partial charge in [0.15, 0.2) is 0 Å². The zero-order chi connectivity index (χ0) is 15.4. The van der Waals surface area contributed by atoms with Crippen molar-refractivity contribution in [2.24, 2.45) is 0 Å². The highest BCUT2D eigenvalue weighted by Gasteiger charge is 2.31. The molecule has 1 aromatic carbocycles. The van der Waals surface area contributed by atoms with Crippen molar-refractivity contribution in [2.75, 3.05) is 25.5 Å². The lowest BCUT2D eigenvalue weighted by atomic mass is 10.1. The Morgan fingerprint density at radius 2 is 2.00 bits per heavy atom. The van der Waals surface area contributed by atoms with Gasteiger partial charge in [0.05, 0.1) is 24.4 Å². The summed E-state index contributed by atoms with van der Waals surface area (Å²) in [6, 6.07) is 6.65. The summed E-state index contributed by atoms with van der Waals surface area (Å²) < 4.78 is 0. The van der Waals surface area contributed by atoms with Crippen LogP contribution >= 0.6 is 0 Å². The summed E-state index contributed by atoms with van der Waals surface area (Å²) in [6.45, 7) is -0.357. The van der Waals surface area contributed by atoms with Crippen LogP contribution in [0.4, 0.5) is 5.69 Å². The Morgan fingerprint density at radius 1 is 1.29 bits per heavy atom. The second-order valence-corrected chi connectivity index (χ2v) is 4.33. The van der Waals surface area contributed by atoms with Gasteiger partial charge in [0, 0.05) is 13.1 Å². The van der Waals surface area contributed by atoms with Gasteiger partial charge in [0.25, 0.3) is 17.7 Å². The highest BCUT2D eigenvalue weighted by molar-refractivity contribution is 6.17. The number of rotatable bonds is 5. The molecule has 3 N–H and O–H groups in total. The van der Waals surface area contributed by atoms with Crippen molar-refractivity contribution in [3.63, 3.8) is 0 Å². The number of hydrogen-bond acceptors (Lipinski definition) is 5. The SMILES string of the molecule is CNC(=O)c1ccccc1NC1=CC(=O)N(CCO)C1=O. The lowest BCUT2D eigenvalue weighted by molar-refractivity contribution is -0.137. The molecule has 1 aromatic rings. The zero-order valence-electron chi connectivity index (χ0n) is 11.4. The molecule has 0 bridgehead atoms. The van der Waals surface area contributed by atoms with Crippen molar-refractivity contribution >= 4 is 23.4 Å². The summed E-state index contributed by atoms with van der Waals surface area (Å²) in [5.41, 5.74) is 0.863. The fourth-order valence-electron chi connectivity index (χ4n) is 1.98. The molecule has 1 aliphatic heterocycles. The monoisotopic (exact) mass is 289 g/mol. The van der Waals surface area contributed by atoms with Gasteiger partial charge in [-0.15, -0.1) is 0 Å². The van der Waals surface area contributed by atoms with Crippen molar-refractivity contribution in [3.05, 3.63) is 41.6 Å². The fraction of sp³-hybridized carbons (Fsp3) is 0.214. The number of benzene rings is 1. The number of aliphatic hydroxyl groups is 1. The number of hydrogen-bond donors (Lipinski definition) is 3. The number of nitrogens with zero attached hydrogens (tertiary/aromatic N) is 1. The maximum absolute atomic E-state index is 12.0. The van der Waals surface area contributed by atoms with E-state index in [-0.39, 0.29) is 24.8 Å². The second-order valence-electron chi connectivity index (χ2n) is 4.33. The van der Waals surface area contributed by atoms with Gasteiger partial charge in [0.1, 0.15) is 5.70 Å². The smallest absolute Gasteiger partial charge is 0.277 e. The molecule has 0 aliphatic carbocycles. The van der Waals surface area contributed by atoms with Crippen LogP contribution in [-0.4, -0.2) is 47.9 Å². The Bertz CT molecular complexity index is 624. The van der Waals surface area contributed by atoms with E-state index < -0.39 is 11.8 Å². The Balaban J connectivity index is 2.24.